The topological polar surface area (TPSA) is 15.3 Å². The molecule has 0 radical (unpaired) electrons. The minimum absolute atomic E-state index is 0.271. The summed E-state index contributed by atoms with van der Waals surface area (Å²) in [5, 5.41) is 3.57. The van der Waals surface area contributed by atoms with Crippen molar-refractivity contribution in [1.29, 1.82) is 0 Å². The summed E-state index contributed by atoms with van der Waals surface area (Å²) < 4.78 is 0. The highest BCUT2D eigenvalue weighted by Gasteiger charge is 2.16. The first-order chi connectivity index (χ1) is 8.49. The monoisotopic (exact) mass is 254 g/mol. The Morgan fingerprint density at radius 1 is 1.00 bits per heavy atom. The van der Waals surface area contributed by atoms with Crippen LogP contribution in [-0.4, -0.2) is 36.6 Å². The van der Waals surface area contributed by atoms with Gasteiger partial charge in [0.15, 0.2) is 0 Å². The number of nitrogens with zero attached hydrogens (tertiary/aromatic N) is 1. The molecule has 0 amide bonds. The molecule has 2 nitrogen and oxygen atoms in total. The molecule has 0 spiro atoms. The molecule has 2 heteroatoms. The third-order valence-corrected chi connectivity index (χ3v) is 4.04. The molecular weight excluding hydrogens is 220 g/mol. The van der Waals surface area contributed by atoms with Crippen LogP contribution in [0.3, 0.4) is 0 Å². The summed E-state index contributed by atoms with van der Waals surface area (Å²) in [6.45, 7) is 9.15. The predicted molar refractivity (Wildman–Crippen MR) is 81.1 cm³/mol. The first kappa shape index (κ1) is 16.0. The number of hydrogen-bond acceptors (Lipinski definition) is 2. The Hall–Kier alpha value is -0.0800. The van der Waals surface area contributed by atoms with Gasteiger partial charge in [-0.3, -0.25) is 0 Å². The molecule has 1 aliphatic rings. The van der Waals surface area contributed by atoms with E-state index in [0.717, 1.165) is 12.6 Å². The van der Waals surface area contributed by atoms with Crippen LogP contribution in [0.2, 0.25) is 0 Å². The van der Waals surface area contributed by atoms with E-state index in [0.29, 0.717) is 0 Å². The summed E-state index contributed by atoms with van der Waals surface area (Å²) in [7, 11) is 2.33. The van der Waals surface area contributed by atoms with Crippen molar-refractivity contribution >= 4 is 0 Å². The SMILES string of the molecule is CN(CCCCNC(C)(C)C)C1CCCCCC1. The molecule has 1 aliphatic carbocycles. The highest BCUT2D eigenvalue weighted by molar-refractivity contribution is 4.73. The lowest BCUT2D eigenvalue weighted by atomic mass is 10.1. The van der Waals surface area contributed by atoms with Crippen LogP contribution in [-0.2, 0) is 0 Å². The molecule has 0 heterocycles. The van der Waals surface area contributed by atoms with Gasteiger partial charge >= 0.3 is 0 Å². The Morgan fingerprint density at radius 2 is 1.61 bits per heavy atom. The summed E-state index contributed by atoms with van der Waals surface area (Å²) in [6, 6.07) is 0.864. The molecule has 0 aromatic carbocycles. The van der Waals surface area contributed by atoms with Crippen LogP contribution in [0.1, 0.15) is 72.1 Å². The molecular formula is C16H34N2. The van der Waals surface area contributed by atoms with Crippen molar-refractivity contribution < 1.29 is 0 Å². The van der Waals surface area contributed by atoms with E-state index in [2.05, 4.69) is 38.0 Å². The molecule has 0 aliphatic heterocycles. The van der Waals surface area contributed by atoms with E-state index in [1.165, 1.54) is 57.9 Å². The van der Waals surface area contributed by atoms with Crippen molar-refractivity contribution in [2.75, 3.05) is 20.1 Å². The van der Waals surface area contributed by atoms with Crippen LogP contribution < -0.4 is 5.32 Å². The molecule has 0 atom stereocenters. The number of hydrogen-bond donors (Lipinski definition) is 1. The zero-order valence-corrected chi connectivity index (χ0v) is 13.1. The van der Waals surface area contributed by atoms with E-state index >= 15 is 0 Å². The van der Waals surface area contributed by atoms with Crippen LogP contribution in [0.4, 0.5) is 0 Å². The van der Waals surface area contributed by atoms with E-state index in [-0.39, 0.29) is 5.54 Å². The third kappa shape index (κ3) is 7.38. The Kier molecular flexibility index (Phi) is 7.25. The molecule has 0 bridgehead atoms. The Balaban J connectivity index is 2.07. The second-order valence-corrected chi connectivity index (χ2v) is 7.01. The van der Waals surface area contributed by atoms with E-state index in [9.17, 15) is 0 Å². The van der Waals surface area contributed by atoms with Gasteiger partial charge in [-0.1, -0.05) is 25.7 Å². The summed E-state index contributed by atoms with van der Waals surface area (Å²) in [4.78, 5) is 2.61. The summed E-state index contributed by atoms with van der Waals surface area (Å²) in [5.74, 6) is 0. The predicted octanol–water partition coefficient (Wildman–Crippen LogP) is 3.81. The Bertz CT molecular complexity index is 200. The Labute approximate surface area is 115 Å². The first-order valence-electron chi connectivity index (χ1n) is 7.94. The molecule has 0 saturated heterocycles. The van der Waals surface area contributed by atoms with E-state index in [4.69, 9.17) is 0 Å². The van der Waals surface area contributed by atoms with Gasteiger partial charge in [0.05, 0.1) is 0 Å². The molecule has 0 unspecified atom stereocenters. The van der Waals surface area contributed by atoms with Gasteiger partial charge in [0.25, 0.3) is 0 Å². The van der Waals surface area contributed by atoms with Gasteiger partial charge < -0.3 is 10.2 Å². The molecule has 1 fully saturated rings. The maximum absolute atomic E-state index is 3.57. The summed E-state index contributed by atoms with van der Waals surface area (Å²) in [6.07, 6.45) is 11.3. The summed E-state index contributed by atoms with van der Waals surface area (Å²) >= 11 is 0. The minimum atomic E-state index is 0.271. The Morgan fingerprint density at radius 3 is 2.17 bits per heavy atom. The largest absolute Gasteiger partial charge is 0.312 e. The number of nitrogens with one attached hydrogen (secondary N) is 1. The zero-order chi connectivity index (χ0) is 13.4. The quantitative estimate of drug-likeness (QED) is 0.573. The van der Waals surface area contributed by atoms with E-state index in [1.807, 2.05) is 0 Å². The molecule has 0 aromatic heterocycles. The molecule has 18 heavy (non-hydrogen) atoms. The van der Waals surface area contributed by atoms with Gasteiger partial charge in [0.2, 0.25) is 0 Å². The second-order valence-electron chi connectivity index (χ2n) is 7.01. The second kappa shape index (κ2) is 8.16. The fourth-order valence-electron chi connectivity index (χ4n) is 2.83. The number of unbranched alkanes of at least 4 members (excludes halogenated alkanes) is 1. The maximum atomic E-state index is 3.57. The van der Waals surface area contributed by atoms with Gasteiger partial charge in [-0.2, -0.15) is 0 Å². The van der Waals surface area contributed by atoms with Crippen LogP contribution in [0.15, 0.2) is 0 Å². The van der Waals surface area contributed by atoms with Crippen LogP contribution in [0.5, 0.6) is 0 Å². The van der Waals surface area contributed by atoms with Gasteiger partial charge in [0.1, 0.15) is 0 Å². The third-order valence-electron chi connectivity index (χ3n) is 4.04. The van der Waals surface area contributed by atoms with Gasteiger partial charge in [-0.25, -0.2) is 0 Å². The van der Waals surface area contributed by atoms with Gasteiger partial charge in [0, 0.05) is 11.6 Å². The van der Waals surface area contributed by atoms with Crippen molar-refractivity contribution in [3.63, 3.8) is 0 Å². The lowest BCUT2D eigenvalue weighted by molar-refractivity contribution is 0.216. The van der Waals surface area contributed by atoms with Gasteiger partial charge in [-0.05, 0) is 66.6 Å². The van der Waals surface area contributed by atoms with Crippen molar-refractivity contribution in [2.45, 2.75) is 83.7 Å². The van der Waals surface area contributed by atoms with Crippen molar-refractivity contribution in [1.82, 2.24) is 10.2 Å². The molecule has 108 valence electrons. The molecule has 1 rings (SSSR count). The molecule has 1 saturated carbocycles. The molecule has 0 aromatic rings. The van der Waals surface area contributed by atoms with E-state index < -0.39 is 0 Å². The summed E-state index contributed by atoms with van der Waals surface area (Å²) in [5.41, 5.74) is 0.271. The molecule has 1 N–H and O–H groups in total. The smallest absolute Gasteiger partial charge is 0.00965 e. The minimum Gasteiger partial charge on any atom is -0.312 e. The highest BCUT2D eigenvalue weighted by atomic mass is 15.1. The van der Waals surface area contributed by atoms with E-state index in [1.54, 1.807) is 0 Å². The average Bonchev–Trinajstić information content (AvgIpc) is 2.55. The standard InChI is InChI=1S/C16H34N2/c1-16(2,3)17-13-9-10-14-18(4)15-11-7-5-6-8-12-15/h15,17H,5-14H2,1-4H3. The van der Waals surface area contributed by atoms with Crippen molar-refractivity contribution in [3.8, 4) is 0 Å². The number of rotatable bonds is 6. The lowest BCUT2D eigenvalue weighted by Gasteiger charge is -2.27. The fraction of sp³-hybridized carbons (Fsp3) is 1.00. The van der Waals surface area contributed by atoms with Crippen LogP contribution >= 0.6 is 0 Å². The normalized spacial score (nSPS) is 19.2. The average molecular weight is 254 g/mol. The van der Waals surface area contributed by atoms with Crippen LogP contribution in [0.25, 0.3) is 0 Å². The first-order valence-corrected chi connectivity index (χ1v) is 7.94. The van der Waals surface area contributed by atoms with Gasteiger partial charge in [-0.15, -0.1) is 0 Å². The maximum Gasteiger partial charge on any atom is 0.00965 e. The zero-order valence-electron chi connectivity index (χ0n) is 13.1. The van der Waals surface area contributed by atoms with Crippen LogP contribution in [0, 0.1) is 0 Å². The van der Waals surface area contributed by atoms with Crippen molar-refractivity contribution in [2.24, 2.45) is 0 Å². The highest BCUT2D eigenvalue weighted by Crippen LogP contribution is 2.21. The fourth-order valence-corrected chi connectivity index (χ4v) is 2.83. The van der Waals surface area contributed by atoms with Crippen molar-refractivity contribution in [3.05, 3.63) is 0 Å². The lowest BCUT2D eigenvalue weighted by Crippen LogP contribution is -2.37.